The van der Waals surface area contributed by atoms with E-state index in [0.29, 0.717) is 22.6 Å². The molecule has 5 rings (SSSR count). The minimum atomic E-state index is -5.27. The second kappa shape index (κ2) is 14.6. The molecule has 12 nitrogen and oxygen atoms in total. The number of methoxy groups -OCH3 is 1. The highest BCUT2D eigenvalue weighted by molar-refractivity contribution is 7.89. The van der Waals surface area contributed by atoms with Crippen molar-refractivity contribution in [3.05, 3.63) is 57.9 Å². The lowest BCUT2D eigenvalue weighted by atomic mass is 9.89. The van der Waals surface area contributed by atoms with Crippen LogP contribution in [0.5, 0.6) is 5.75 Å². The van der Waals surface area contributed by atoms with E-state index >= 15 is 8.78 Å². The molecule has 4 aromatic rings. The van der Waals surface area contributed by atoms with E-state index in [-0.39, 0.29) is 47.2 Å². The van der Waals surface area contributed by atoms with Gasteiger partial charge in [-0.2, -0.15) is 21.9 Å². The zero-order valence-corrected chi connectivity index (χ0v) is 31.3. The Kier molecular flexibility index (Phi) is 11.0. The summed E-state index contributed by atoms with van der Waals surface area (Å²) in [5.41, 5.74) is -1.27. The average Bonchev–Trinajstić information content (AvgIpc) is 3.64. The maximum atomic E-state index is 15.8. The maximum Gasteiger partial charge on any atom is 0.502 e. The van der Waals surface area contributed by atoms with Crippen LogP contribution in [-0.2, 0) is 40.3 Å². The van der Waals surface area contributed by atoms with E-state index in [2.05, 4.69) is 19.8 Å². The van der Waals surface area contributed by atoms with Gasteiger partial charge in [-0.1, -0.05) is 23.7 Å². The minimum Gasteiger partial charge on any atom is -0.465 e. The van der Waals surface area contributed by atoms with Crippen LogP contribution in [0.4, 0.5) is 23.2 Å². The van der Waals surface area contributed by atoms with Crippen LogP contribution < -0.4 is 10.1 Å². The first-order chi connectivity index (χ1) is 24.2. The molecule has 0 spiro atoms. The zero-order valence-electron chi connectivity index (χ0n) is 28.1. The second-order valence-corrected chi connectivity index (χ2v) is 16.7. The second-order valence-electron chi connectivity index (χ2n) is 12.2. The first-order valence-electron chi connectivity index (χ1n) is 15.4. The number of nitrogens with one attached hydrogen (secondary N) is 1. The summed E-state index contributed by atoms with van der Waals surface area (Å²) < 4.78 is 119. The highest BCUT2D eigenvalue weighted by Gasteiger charge is 2.55. The fourth-order valence-corrected chi connectivity index (χ4v) is 9.37. The van der Waals surface area contributed by atoms with Crippen LogP contribution in [-0.4, -0.2) is 78.1 Å². The Morgan fingerprint density at radius 1 is 1.19 bits per heavy atom. The average molecular weight is 810 g/mol. The van der Waals surface area contributed by atoms with Gasteiger partial charge in [0.2, 0.25) is 0 Å². The lowest BCUT2D eigenvalue weighted by Crippen LogP contribution is -2.58. The summed E-state index contributed by atoms with van der Waals surface area (Å²) in [5, 5.41) is -1.66. The summed E-state index contributed by atoms with van der Waals surface area (Å²) in [6.45, 7) is 3.77. The number of benzene rings is 2. The Balaban J connectivity index is 1.36. The lowest BCUT2D eigenvalue weighted by Gasteiger charge is -2.45. The van der Waals surface area contributed by atoms with E-state index in [9.17, 15) is 31.0 Å². The fourth-order valence-electron chi connectivity index (χ4n) is 5.72. The molecule has 2 unspecified atom stereocenters. The van der Waals surface area contributed by atoms with Gasteiger partial charge in [-0.25, -0.2) is 27.2 Å². The molecule has 1 fully saturated rings. The van der Waals surface area contributed by atoms with Crippen LogP contribution in [0, 0.1) is 0 Å². The number of fused-ring (bicyclic) bond motifs is 1. The number of aromatic nitrogens is 1. The van der Waals surface area contributed by atoms with Gasteiger partial charge in [-0.3, -0.25) is 0 Å². The van der Waals surface area contributed by atoms with E-state index in [0.717, 1.165) is 23.5 Å². The van der Waals surface area contributed by atoms with Crippen molar-refractivity contribution in [2.24, 2.45) is 0 Å². The van der Waals surface area contributed by atoms with Gasteiger partial charge in [0.15, 0.2) is 16.2 Å². The molecule has 20 heteroatoms. The molecule has 1 aliphatic rings. The summed E-state index contributed by atoms with van der Waals surface area (Å²) in [4.78, 5) is 27.9. The number of alkyl halides is 4. The number of rotatable bonds is 12. The standard InChI is InChI=1S/C32H32ClF4N3O9S3/c1-6-47-28(42)31(34,35)49-24-23(33)25(50-26(24)27(41)46-4)17-8-7-9-19(14-17)38-20-12-13-40(30(2,3)16-20)52(44,45)32(36,37)18-10-11-21-22(15-18)48-29(39-21)51(5)43/h7-11,14-15,20,38H,6,12-13,16H2,1-5H3. The SMILES string of the molecule is CCOC(=O)C(F)(F)Oc1c(C(=O)OC)sc(-c2cccc(NC3CCN(S(=O)(=O)C(F)(F)c4ccc5nc(S(C)=O)oc5c4)C(C)(C)C3)c2)c1Cl. The van der Waals surface area contributed by atoms with Crippen LogP contribution in [0.25, 0.3) is 21.5 Å². The van der Waals surface area contributed by atoms with Gasteiger partial charge in [0.05, 0.1) is 18.6 Å². The van der Waals surface area contributed by atoms with Gasteiger partial charge in [0.1, 0.15) is 21.3 Å². The number of anilines is 1. The van der Waals surface area contributed by atoms with E-state index < -0.39 is 76.9 Å². The molecule has 2 aromatic carbocycles. The van der Waals surface area contributed by atoms with Gasteiger partial charge in [-0.05, 0) is 69.5 Å². The maximum absolute atomic E-state index is 15.8. The number of hydrogen-bond acceptors (Lipinski definition) is 12. The number of esters is 2. The van der Waals surface area contributed by atoms with Gasteiger partial charge in [0.25, 0.3) is 15.2 Å². The zero-order chi connectivity index (χ0) is 38.4. The lowest BCUT2D eigenvalue weighted by molar-refractivity contribution is -0.216. The van der Waals surface area contributed by atoms with E-state index in [1.54, 1.807) is 24.3 Å². The van der Waals surface area contributed by atoms with Crippen molar-refractivity contribution in [1.29, 1.82) is 0 Å². The summed E-state index contributed by atoms with van der Waals surface area (Å²) in [6, 6.07) is 9.03. The Morgan fingerprint density at radius 2 is 1.90 bits per heavy atom. The molecule has 0 bridgehead atoms. The number of piperidine rings is 1. The Labute approximate surface area is 306 Å². The third-order valence-corrected chi connectivity index (χ3v) is 12.6. The summed E-state index contributed by atoms with van der Waals surface area (Å²) in [6.07, 6.45) is -2.94. The number of carbonyl (C=O) groups is 2. The minimum absolute atomic E-state index is 0.104. The van der Waals surface area contributed by atoms with E-state index in [4.69, 9.17) is 20.8 Å². The first-order valence-corrected chi connectivity index (χ1v) is 19.6. The molecule has 2 atom stereocenters. The number of sulfonamides is 1. The number of hydrogen-bond donors (Lipinski definition) is 1. The molecule has 1 saturated heterocycles. The quantitative estimate of drug-likeness (QED) is 0.116. The van der Waals surface area contributed by atoms with Crippen molar-refractivity contribution in [3.8, 4) is 16.2 Å². The van der Waals surface area contributed by atoms with Crippen molar-refractivity contribution < 1.29 is 58.4 Å². The fraction of sp³-hybridized carbons (Fsp3) is 0.406. The third-order valence-electron chi connectivity index (χ3n) is 8.09. The van der Waals surface area contributed by atoms with Crippen LogP contribution in [0.3, 0.4) is 0 Å². The highest BCUT2D eigenvalue weighted by atomic mass is 35.5. The predicted octanol–water partition coefficient (Wildman–Crippen LogP) is 7.00. The van der Waals surface area contributed by atoms with E-state index in [1.165, 1.54) is 33.1 Å². The van der Waals surface area contributed by atoms with Gasteiger partial charge < -0.3 is 23.9 Å². The molecule has 2 aromatic heterocycles. The van der Waals surface area contributed by atoms with Crippen LogP contribution in [0.15, 0.2) is 52.1 Å². The number of carbonyl (C=O) groups excluding carboxylic acids is 2. The monoisotopic (exact) mass is 809 g/mol. The molecule has 0 aliphatic carbocycles. The van der Waals surface area contributed by atoms with Crippen molar-refractivity contribution in [2.45, 2.75) is 61.8 Å². The Bertz CT molecular complexity index is 2160. The summed E-state index contributed by atoms with van der Waals surface area (Å²) >= 11 is 7.13. The van der Waals surface area contributed by atoms with Crippen molar-refractivity contribution in [1.82, 2.24) is 9.29 Å². The molecule has 0 saturated carbocycles. The molecular weight excluding hydrogens is 778 g/mol. The molecule has 52 heavy (non-hydrogen) atoms. The first kappa shape index (κ1) is 39.4. The summed E-state index contributed by atoms with van der Waals surface area (Å²) in [5.74, 6) is -3.80. The van der Waals surface area contributed by atoms with Gasteiger partial charge in [0, 0.05) is 35.6 Å². The molecule has 0 radical (unpaired) electrons. The van der Waals surface area contributed by atoms with E-state index in [1.807, 2.05) is 0 Å². The van der Waals surface area contributed by atoms with Crippen molar-refractivity contribution >= 4 is 72.5 Å². The molecule has 3 heterocycles. The van der Waals surface area contributed by atoms with Crippen LogP contribution in [0.2, 0.25) is 5.02 Å². The normalized spacial score (nSPS) is 17.5. The summed E-state index contributed by atoms with van der Waals surface area (Å²) in [7, 11) is -5.87. The third kappa shape index (κ3) is 7.50. The number of thiophene rings is 1. The molecule has 282 valence electrons. The topological polar surface area (TPSA) is 154 Å². The van der Waals surface area contributed by atoms with Gasteiger partial charge >= 0.3 is 23.3 Å². The Hall–Kier alpha value is -3.78. The van der Waals surface area contributed by atoms with Crippen LogP contribution >= 0.6 is 22.9 Å². The molecule has 0 amide bonds. The Morgan fingerprint density at radius 3 is 2.54 bits per heavy atom. The smallest absolute Gasteiger partial charge is 0.465 e. The molecule has 1 aliphatic heterocycles. The predicted molar refractivity (Wildman–Crippen MR) is 185 cm³/mol. The van der Waals surface area contributed by atoms with Gasteiger partial charge in [-0.15, -0.1) is 11.3 Å². The number of nitrogens with zero attached hydrogens (tertiary/aromatic N) is 2. The van der Waals surface area contributed by atoms with Crippen molar-refractivity contribution in [2.75, 3.05) is 31.8 Å². The largest absolute Gasteiger partial charge is 0.502 e. The highest BCUT2D eigenvalue weighted by Crippen LogP contribution is 2.48. The van der Waals surface area contributed by atoms with Crippen LogP contribution in [0.1, 0.15) is 48.8 Å². The molecular formula is C32H32ClF4N3O9S3. The molecule has 1 N–H and O–H groups in total. The number of oxazole rings is 1. The number of ether oxygens (including phenoxy) is 3. The number of halogens is 5. The van der Waals surface area contributed by atoms with Crippen molar-refractivity contribution in [3.63, 3.8) is 0 Å².